The van der Waals surface area contributed by atoms with Crippen molar-refractivity contribution in [3.63, 3.8) is 0 Å². The fourth-order valence-electron chi connectivity index (χ4n) is 1.49. The van der Waals surface area contributed by atoms with Crippen LogP contribution in [-0.2, 0) is 5.88 Å². The number of ether oxygens (including phenoxy) is 1. The van der Waals surface area contributed by atoms with Crippen LogP contribution in [0.5, 0.6) is 5.75 Å². The van der Waals surface area contributed by atoms with Crippen LogP contribution in [0.15, 0.2) is 35.7 Å². The van der Waals surface area contributed by atoms with Gasteiger partial charge in [0, 0.05) is 23.0 Å². The van der Waals surface area contributed by atoms with Crippen molar-refractivity contribution >= 4 is 34.5 Å². The summed E-state index contributed by atoms with van der Waals surface area (Å²) in [5.41, 5.74) is 1.64. The van der Waals surface area contributed by atoms with Crippen LogP contribution in [-0.4, -0.2) is 13.0 Å². The van der Waals surface area contributed by atoms with E-state index in [1.165, 1.54) is 11.3 Å². The molecule has 1 aromatic heterocycles. The maximum atomic E-state index is 12.0. The molecule has 0 saturated heterocycles. The first kappa shape index (κ1) is 12.9. The molecule has 3 nitrogen and oxygen atoms in total. The van der Waals surface area contributed by atoms with Gasteiger partial charge < -0.3 is 10.1 Å². The first-order valence-electron chi connectivity index (χ1n) is 5.32. The molecule has 0 aliphatic rings. The van der Waals surface area contributed by atoms with Crippen LogP contribution in [0.2, 0.25) is 0 Å². The van der Waals surface area contributed by atoms with Crippen molar-refractivity contribution in [2.75, 3.05) is 12.4 Å². The van der Waals surface area contributed by atoms with Gasteiger partial charge in [0.15, 0.2) is 0 Å². The van der Waals surface area contributed by atoms with E-state index in [0.717, 1.165) is 11.3 Å². The average Bonchev–Trinajstić information content (AvgIpc) is 2.88. The van der Waals surface area contributed by atoms with Gasteiger partial charge in [-0.2, -0.15) is 0 Å². The summed E-state index contributed by atoms with van der Waals surface area (Å²) >= 11 is 7.16. The van der Waals surface area contributed by atoms with E-state index in [4.69, 9.17) is 16.3 Å². The number of nitrogens with one attached hydrogen (secondary N) is 1. The minimum absolute atomic E-state index is 0.152. The molecule has 0 aliphatic carbocycles. The molecule has 0 radical (unpaired) electrons. The maximum absolute atomic E-state index is 12.0. The molecule has 0 unspecified atom stereocenters. The number of rotatable bonds is 4. The Balaban J connectivity index is 2.16. The van der Waals surface area contributed by atoms with Gasteiger partial charge in [-0.15, -0.1) is 22.9 Å². The molecular formula is C13H12ClNO2S. The Hall–Kier alpha value is -1.52. The van der Waals surface area contributed by atoms with Crippen LogP contribution in [0, 0.1) is 0 Å². The van der Waals surface area contributed by atoms with Crippen molar-refractivity contribution in [1.29, 1.82) is 0 Å². The van der Waals surface area contributed by atoms with E-state index in [-0.39, 0.29) is 5.91 Å². The molecular weight excluding hydrogens is 270 g/mol. The van der Waals surface area contributed by atoms with Crippen LogP contribution in [0.4, 0.5) is 5.69 Å². The summed E-state index contributed by atoms with van der Waals surface area (Å²) in [5, 5.41) is 4.64. The number of alkyl halides is 1. The molecule has 2 aromatic rings. The van der Waals surface area contributed by atoms with E-state index in [1.807, 2.05) is 24.3 Å². The molecule has 94 valence electrons. The third-order valence-corrected chi connectivity index (χ3v) is 3.64. The molecule has 1 amide bonds. The van der Waals surface area contributed by atoms with Gasteiger partial charge in [-0.1, -0.05) is 18.2 Å². The van der Waals surface area contributed by atoms with E-state index >= 15 is 0 Å². The summed E-state index contributed by atoms with van der Waals surface area (Å²) in [4.78, 5) is 12.6. The summed E-state index contributed by atoms with van der Waals surface area (Å²) in [7, 11) is 1.58. The van der Waals surface area contributed by atoms with Gasteiger partial charge >= 0.3 is 0 Å². The van der Waals surface area contributed by atoms with Crippen LogP contribution >= 0.6 is 22.9 Å². The Morgan fingerprint density at radius 1 is 1.44 bits per heavy atom. The predicted molar refractivity (Wildman–Crippen MR) is 74.8 cm³/mol. The second-order valence-corrected chi connectivity index (χ2v) is 4.77. The Morgan fingerprint density at radius 3 is 2.89 bits per heavy atom. The highest BCUT2D eigenvalue weighted by Gasteiger charge is 2.11. The van der Waals surface area contributed by atoms with Gasteiger partial charge in [0.2, 0.25) is 0 Å². The third kappa shape index (κ3) is 2.83. The van der Waals surface area contributed by atoms with Crippen LogP contribution in [0.3, 0.4) is 0 Å². The SMILES string of the molecule is COc1csc(C(=O)Nc2ccccc2CCl)c1. The molecule has 0 saturated carbocycles. The second kappa shape index (κ2) is 5.89. The number of methoxy groups -OCH3 is 1. The number of carbonyl (C=O) groups is 1. The fraction of sp³-hybridized carbons (Fsp3) is 0.154. The van der Waals surface area contributed by atoms with Gasteiger partial charge in [0.1, 0.15) is 5.75 Å². The topological polar surface area (TPSA) is 38.3 Å². The lowest BCUT2D eigenvalue weighted by Crippen LogP contribution is -2.11. The van der Waals surface area contributed by atoms with E-state index in [9.17, 15) is 4.79 Å². The predicted octanol–water partition coefficient (Wildman–Crippen LogP) is 3.75. The number of hydrogen-bond donors (Lipinski definition) is 1. The summed E-state index contributed by atoms with van der Waals surface area (Å²) in [6, 6.07) is 9.18. The van der Waals surface area contributed by atoms with Crippen molar-refractivity contribution in [2.24, 2.45) is 0 Å². The summed E-state index contributed by atoms with van der Waals surface area (Å²) in [6.07, 6.45) is 0. The quantitative estimate of drug-likeness (QED) is 0.867. The molecule has 1 heterocycles. The molecule has 0 atom stereocenters. The van der Waals surface area contributed by atoms with E-state index < -0.39 is 0 Å². The molecule has 0 fully saturated rings. The maximum Gasteiger partial charge on any atom is 0.265 e. The smallest absolute Gasteiger partial charge is 0.265 e. The van der Waals surface area contributed by atoms with Gasteiger partial charge in [-0.25, -0.2) is 0 Å². The Kier molecular flexibility index (Phi) is 4.23. The average molecular weight is 282 g/mol. The largest absolute Gasteiger partial charge is 0.496 e. The lowest BCUT2D eigenvalue weighted by atomic mass is 10.2. The molecule has 1 N–H and O–H groups in total. The standard InChI is InChI=1S/C13H12ClNO2S/c1-17-10-6-12(18-8-10)13(16)15-11-5-3-2-4-9(11)7-14/h2-6,8H,7H2,1H3,(H,15,16). The lowest BCUT2D eigenvalue weighted by molar-refractivity contribution is 0.103. The number of para-hydroxylation sites is 1. The zero-order valence-electron chi connectivity index (χ0n) is 9.77. The molecule has 18 heavy (non-hydrogen) atoms. The Bertz CT molecular complexity index is 553. The molecule has 2 rings (SSSR count). The zero-order valence-corrected chi connectivity index (χ0v) is 11.3. The molecule has 5 heteroatoms. The van der Waals surface area contributed by atoms with Crippen molar-refractivity contribution in [1.82, 2.24) is 0 Å². The number of anilines is 1. The van der Waals surface area contributed by atoms with Crippen molar-refractivity contribution in [3.8, 4) is 5.75 Å². The zero-order chi connectivity index (χ0) is 13.0. The van der Waals surface area contributed by atoms with Crippen LogP contribution in [0.25, 0.3) is 0 Å². The van der Waals surface area contributed by atoms with Crippen molar-refractivity contribution in [3.05, 3.63) is 46.2 Å². The molecule has 0 bridgehead atoms. The van der Waals surface area contributed by atoms with Gasteiger partial charge in [0.25, 0.3) is 5.91 Å². The second-order valence-electron chi connectivity index (χ2n) is 3.60. The molecule has 1 aromatic carbocycles. The van der Waals surface area contributed by atoms with Gasteiger partial charge in [-0.05, 0) is 11.6 Å². The van der Waals surface area contributed by atoms with Gasteiger partial charge in [-0.3, -0.25) is 4.79 Å². The van der Waals surface area contributed by atoms with Crippen molar-refractivity contribution < 1.29 is 9.53 Å². The lowest BCUT2D eigenvalue weighted by Gasteiger charge is -2.07. The summed E-state index contributed by atoms with van der Waals surface area (Å²) < 4.78 is 5.05. The third-order valence-electron chi connectivity index (χ3n) is 2.44. The monoisotopic (exact) mass is 281 g/mol. The summed E-state index contributed by atoms with van der Waals surface area (Å²) in [5.74, 6) is 0.904. The number of halogens is 1. The number of thiophene rings is 1. The number of hydrogen-bond acceptors (Lipinski definition) is 3. The Labute approximate surface area is 114 Å². The highest BCUT2D eigenvalue weighted by atomic mass is 35.5. The molecule has 0 spiro atoms. The highest BCUT2D eigenvalue weighted by molar-refractivity contribution is 7.12. The molecule has 0 aliphatic heterocycles. The van der Waals surface area contributed by atoms with Crippen LogP contribution < -0.4 is 10.1 Å². The normalized spacial score (nSPS) is 10.1. The van der Waals surface area contributed by atoms with E-state index in [1.54, 1.807) is 18.6 Å². The first-order chi connectivity index (χ1) is 8.74. The number of carbonyl (C=O) groups excluding carboxylic acids is 1. The van der Waals surface area contributed by atoms with E-state index in [2.05, 4.69) is 5.32 Å². The highest BCUT2D eigenvalue weighted by Crippen LogP contribution is 2.23. The minimum Gasteiger partial charge on any atom is -0.496 e. The fourth-order valence-corrected chi connectivity index (χ4v) is 2.47. The van der Waals surface area contributed by atoms with Crippen molar-refractivity contribution in [2.45, 2.75) is 5.88 Å². The number of amides is 1. The van der Waals surface area contributed by atoms with Gasteiger partial charge in [0.05, 0.1) is 12.0 Å². The van der Waals surface area contributed by atoms with Crippen LogP contribution in [0.1, 0.15) is 15.2 Å². The Morgan fingerprint density at radius 2 is 2.22 bits per heavy atom. The summed E-state index contributed by atoms with van der Waals surface area (Å²) in [6.45, 7) is 0. The minimum atomic E-state index is -0.152. The first-order valence-corrected chi connectivity index (χ1v) is 6.73. The van der Waals surface area contributed by atoms with E-state index in [0.29, 0.717) is 16.5 Å². The number of benzene rings is 1.